The first-order valence-electron chi connectivity index (χ1n) is 11.3. The molecule has 0 nitrogen and oxygen atoms in total. The third kappa shape index (κ3) is 3.63. The second-order valence-corrected chi connectivity index (χ2v) is 18.3. The molecular weight excluding hydrogens is 614 g/mol. The summed E-state index contributed by atoms with van der Waals surface area (Å²) in [4.78, 5) is 0. The van der Waals surface area contributed by atoms with Gasteiger partial charge in [-0.2, -0.15) is 0 Å². The summed E-state index contributed by atoms with van der Waals surface area (Å²) in [5.74, 6) is 0. The Balaban J connectivity index is 0.00000144. The minimum Gasteiger partial charge on any atom is -1.00 e. The minimum atomic E-state index is -1.47. The molecule has 2 aromatic rings. The molecule has 1 atom stereocenters. The molecule has 167 valence electrons. The largest absolute Gasteiger partial charge is 1.00 e. The Morgan fingerprint density at radius 3 is 2.09 bits per heavy atom. The van der Waals surface area contributed by atoms with Gasteiger partial charge in [0.2, 0.25) is 0 Å². The van der Waals surface area contributed by atoms with Crippen LogP contribution in [0.15, 0.2) is 36.4 Å². The van der Waals surface area contributed by atoms with Crippen molar-refractivity contribution in [1.29, 1.82) is 0 Å². The van der Waals surface area contributed by atoms with Gasteiger partial charge in [0.1, 0.15) is 0 Å². The Kier molecular flexibility index (Phi) is 6.61. The Morgan fingerprint density at radius 2 is 1.56 bits per heavy atom. The van der Waals surface area contributed by atoms with Crippen molar-refractivity contribution >= 4 is 24.0 Å². The summed E-state index contributed by atoms with van der Waals surface area (Å²) in [7, 11) is -1.47. The van der Waals surface area contributed by atoms with Crippen molar-refractivity contribution in [3.8, 4) is 11.1 Å². The fourth-order valence-electron chi connectivity index (χ4n) is 5.80. The van der Waals surface area contributed by atoms with Crippen LogP contribution in [0.4, 0.5) is 0 Å². The molecule has 2 aliphatic carbocycles. The molecule has 32 heavy (non-hydrogen) atoms. The second kappa shape index (κ2) is 8.07. The Morgan fingerprint density at radius 1 is 0.906 bits per heavy atom. The van der Waals surface area contributed by atoms with Gasteiger partial charge in [-0.25, -0.2) is 0 Å². The van der Waals surface area contributed by atoms with E-state index in [1.54, 1.807) is 49.3 Å². The van der Waals surface area contributed by atoms with Crippen LogP contribution in [0.1, 0.15) is 79.5 Å². The third-order valence-corrected chi connectivity index (χ3v) is 12.8. The van der Waals surface area contributed by atoms with E-state index in [2.05, 4.69) is 91.1 Å². The molecular formula is C28H33Cl2HfSi. The molecule has 1 unspecified atom stereocenters. The molecule has 1 aliphatic heterocycles. The monoisotopic (exact) mass is 647 g/mol. The number of halogens is 2. The van der Waals surface area contributed by atoms with Gasteiger partial charge in [0.15, 0.2) is 0 Å². The van der Waals surface area contributed by atoms with Gasteiger partial charge in [0.25, 0.3) is 0 Å². The zero-order chi connectivity index (χ0) is 21.8. The molecule has 0 saturated carbocycles. The Labute approximate surface area is 222 Å². The first kappa shape index (κ1) is 26.2. The van der Waals surface area contributed by atoms with Crippen molar-refractivity contribution in [2.24, 2.45) is 0 Å². The molecule has 4 heteroatoms. The van der Waals surface area contributed by atoms with E-state index in [1.165, 1.54) is 29.9 Å². The van der Waals surface area contributed by atoms with Gasteiger partial charge in [-0.05, 0) is 0 Å². The summed E-state index contributed by atoms with van der Waals surface area (Å²) in [5.41, 5.74) is 13.3. The standard InChI is InChI=1S/C28H33Si.2ClH.Hf/c1-27(2,3)19-13-14-20-18(15-19)16-21-22(17-11-9-10-12-17)24(28(4,5)6)26-25(23(20)21)29(26,7)8;;;/h9-11,13-16H,12H2,1-8H3;2*1H;/q;;;+2/p-2. The summed E-state index contributed by atoms with van der Waals surface area (Å²) in [6.45, 7) is 19.5. The fourth-order valence-corrected chi connectivity index (χ4v) is 11.7. The molecule has 0 amide bonds. The zero-order valence-electron chi connectivity index (χ0n) is 20.5. The molecule has 0 fully saturated rings. The molecule has 0 N–H and O–H groups in total. The van der Waals surface area contributed by atoms with Crippen molar-refractivity contribution in [1.82, 2.24) is 0 Å². The van der Waals surface area contributed by atoms with Crippen LogP contribution < -0.4 is 35.2 Å². The van der Waals surface area contributed by atoms with Crippen molar-refractivity contribution in [2.75, 3.05) is 0 Å². The maximum atomic E-state index is 2.59. The molecule has 1 heterocycles. The van der Waals surface area contributed by atoms with Crippen LogP contribution in [-0.4, -0.2) is 8.07 Å². The van der Waals surface area contributed by atoms with E-state index in [4.69, 9.17) is 0 Å². The molecule has 0 radical (unpaired) electrons. The fraction of sp³-hybridized carbons (Fsp3) is 0.429. The van der Waals surface area contributed by atoms with Crippen LogP contribution in [0.5, 0.6) is 0 Å². The van der Waals surface area contributed by atoms with Crippen LogP contribution >= 0.6 is 0 Å². The molecule has 3 aliphatic rings. The van der Waals surface area contributed by atoms with Crippen LogP contribution in [0.25, 0.3) is 16.7 Å². The Bertz CT molecular complexity index is 1170. The average Bonchev–Trinajstić information content (AvgIpc) is 3.02. The zero-order valence-corrected chi connectivity index (χ0v) is 26.6. The van der Waals surface area contributed by atoms with Crippen molar-refractivity contribution in [2.45, 2.75) is 75.6 Å². The average molecular weight is 647 g/mol. The van der Waals surface area contributed by atoms with Crippen molar-refractivity contribution in [3.63, 3.8) is 0 Å². The first-order valence-corrected chi connectivity index (χ1v) is 16.4. The SMILES string of the molecule is CC(C)(C)c1ccc2c(c1)[CH]([Hf+2])c1c(C3=CC=CC3)c(C(C)(C)C)c3c(c1-2)[Si]3(C)C.[Cl-].[Cl-]. The number of allylic oxidation sites excluding steroid dienone is 4. The van der Waals surface area contributed by atoms with Crippen LogP contribution in [0, 0.1) is 0 Å². The number of benzene rings is 2. The quantitative estimate of drug-likeness (QED) is 0.394. The van der Waals surface area contributed by atoms with Gasteiger partial charge in [-0.3, -0.25) is 0 Å². The molecule has 5 rings (SSSR count). The number of rotatable bonds is 1. The normalized spacial score (nSPS) is 19.4. The van der Waals surface area contributed by atoms with E-state index in [1.807, 2.05) is 0 Å². The summed E-state index contributed by atoms with van der Waals surface area (Å²) in [6.07, 6.45) is 8.09. The second-order valence-electron chi connectivity index (χ2n) is 12.0. The van der Waals surface area contributed by atoms with E-state index < -0.39 is 8.07 Å². The van der Waals surface area contributed by atoms with Crippen molar-refractivity contribution < 1.29 is 49.2 Å². The Hall–Kier alpha value is -0.413. The number of fused-ring (bicyclic) bond motifs is 5. The minimum absolute atomic E-state index is 0. The van der Waals surface area contributed by atoms with Gasteiger partial charge in [-0.1, -0.05) is 0 Å². The van der Waals surface area contributed by atoms with E-state index in [0.29, 0.717) is 3.67 Å². The van der Waals surface area contributed by atoms with E-state index in [-0.39, 0.29) is 35.6 Å². The van der Waals surface area contributed by atoms with Gasteiger partial charge >= 0.3 is 199 Å². The predicted molar refractivity (Wildman–Crippen MR) is 130 cm³/mol. The summed E-state index contributed by atoms with van der Waals surface area (Å²) in [5, 5.41) is 3.55. The van der Waals surface area contributed by atoms with E-state index in [0.717, 1.165) is 6.42 Å². The molecule has 0 bridgehead atoms. The van der Waals surface area contributed by atoms with Crippen LogP contribution in [0.2, 0.25) is 13.1 Å². The topological polar surface area (TPSA) is 0 Å². The number of hydrogen-bond donors (Lipinski definition) is 0. The maximum absolute atomic E-state index is 2.59. The van der Waals surface area contributed by atoms with E-state index >= 15 is 0 Å². The smallest absolute Gasteiger partial charge is 1.00 e. The van der Waals surface area contributed by atoms with Gasteiger partial charge < -0.3 is 24.8 Å². The number of hydrogen-bond acceptors (Lipinski definition) is 0. The van der Waals surface area contributed by atoms with Gasteiger partial charge in [0.05, 0.1) is 0 Å². The molecule has 0 saturated heterocycles. The molecule has 2 aromatic carbocycles. The van der Waals surface area contributed by atoms with Gasteiger partial charge in [0, 0.05) is 0 Å². The maximum Gasteiger partial charge on any atom is -1.00 e. The van der Waals surface area contributed by atoms with Crippen LogP contribution in [0.3, 0.4) is 0 Å². The third-order valence-electron chi connectivity index (χ3n) is 7.36. The van der Waals surface area contributed by atoms with Crippen LogP contribution in [-0.2, 0) is 35.2 Å². The summed E-state index contributed by atoms with van der Waals surface area (Å²) < 4.78 is 0.602. The molecule has 0 aromatic heterocycles. The van der Waals surface area contributed by atoms with E-state index in [9.17, 15) is 0 Å². The summed E-state index contributed by atoms with van der Waals surface area (Å²) >= 11 is 1.17. The predicted octanol–water partition coefficient (Wildman–Crippen LogP) is 0.386. The summed E-state index contributed by atoms with van der Waals surface area (Å²) in [6, 6.07) is 7.43. The van der Waals surface area contributed by atoms with Crippen molar-refractivity contribution in [3.05, 3.63) is 64.2 Å². The first-order chi connectivity index (χ1) is 13.8. The van der Waals surface area contributed by atoms with Gasteiger partial charge in [-0.15, -0.1) is 0 Å². The molecule has 0 spiro atoms.